The van der Waals surface area contributed by atoms with E-state index in [1.165, 1.54) is 13.8 Å². The van der Waals surface area contributed by atoms with E-state index in [4.69, 9.17) is 5.11 Å². The second-order valence-electron chi connectivity index (χ2n) is 3.31. The maximum absolute atomic E-state index is 13.3. The summed E-state index contributed by atoms with van der Waals surface area (Å²) in [4.78, 5) is 10.5. The molecule has 0 spiro atoms. The molecule has 16 heavy (non-hydrogen) atoms. The van der Waals surface area contributed by atoms with E-state index in [2.05, 4.69) is 0 Å². The van der Waals surface area contributed by atoms with Crippen LogP contribution in [-0.4, -0.2) is 25.2 Å². The summed E-state index contributed by atoms with van der Waals surface area (Å²) in [7, 11) is -3.52. The predicted molar refractivity (Wildman–Crippen MR) is 55.8 cm³/mol. The van der Waals surface area contributed by atoms with Crippen molar-refractivity contribution in [3.63, 3.8) is 0 Å². The molecule has 6 heteroatoms. The average molecular weight is 246 g/mol. The molecule has 4 nitrogen and oxygen atoms in total. The first-order chi connectivity index (χ1) is 7.29. The molecule has 0 aliphatic carbocycles. The van der Waals surface area contributed by atoms with Crippen LogP contribution >= 0.6 is 0 Å². The molecular weight excluding hydrogens is 235 g/mol. The summed E-state index contributed by atoms with van der Waals surface area (Å²) >= 11 is 0. The van der Waals surface area contributed by atoms with Gasteiger partial charge in [0.1, 0.15) is 5.82 Å². The molecular formula is C10H11FO4S. The minimum atomic E-state index is -3.52. The molecule has 0 heterocycles. The molecule has 0 saturated carbocycles. The second kappa shape index (κ2) is 4.21. The van der Waals surface area contributed by atoms with Crippen molar-refractivity contribution in [2.24, 2.45) is 0 Å². The van der Waals surface area contributed by atoms with Crippen LogP contribution in [-0.2, 0) is 9.84 Å². The van der Waals surface area contributed by atoms with Gasteiger partial charge in [0.25, 0.3) is 0 Å². The normalized spacial score (nSPS) is 11.4. The Morgan fingerprint density at radius 1 is 1.44 bits per heavy atom. The smallest absolute Gasteiger partial charge is 0.338 e. The molecule has 0 fully saturated rings. The number of sulfone groups is 1. The van der Waals surface area contributed by atoms with Crippen LogP contribution in [0.25, 0.3) is 0 Å². The molecule has 0 amide bonds. The van der Waals surface area contributed by atoms with E-state index in [0.717, 1.165) is 12.1 Å². The molecule has 0 saturated heterocycles. The van der Waals surface area contributed by atoms with Gasteiger partial charge >= 0.3 is 5.97 Å². The number of carboxylic acids is 1. The Labute approximate surface area is 92.6 Å². The average Bonchev–Trinajstić information content (AvgIpc) is 2.21. The van der Waals surface area contributed by atoms with E-state index in [9.17, 15) is 17.6 Å². The molecule has 1 aromatic carbocycles. The van der Waals surface area contributed by atoms with Gasteiger partial charge in [-0.15, -0.1) is 0 Å². The van der Waals surface area contributed by atoms with Gasteiger partial charge in [0.2, 0.25) is 0 Å². The molecule has 88 valence electrons. The highest BCUT2D eigenvalue weighted by Gasteiger charge is 2.19. The summed E-state index contributed by atoms with van der Waals surface area (Å²) in [6.45, 7) is 2.77. The lowest BCUT2D eigenvalue weighted by Crippen LogP contribution is -2.09. The molecule has 1 rings (SSSR count). The van der Waals surface area contributed by atoms with Crippen LogP contribution in [0.2, 0.25) is 0 Å². The van der Waals surface area contributed by atoms with E-state index in [0.29, 0.717) is 0 Å². The summed E-state index contributed by atoms with van der Waals surface area (Å²) in [5.41, 5.74) is -0.612. The van der Waals surface area contributed by atoms with Gasteiger partial charge in [-0.3, -0.25) is 0 Å². The van der Waals surface area contributed by atoms with Gasteiger partial charge in [-0.1, -0.05) is 6.92 Å². The Morgan fingerprint density at radius 3 is 2.44 bits per heavy atom. The van der Waals surface area contributed by atoms with Gasteiger partial charge in [0.15, 0.2) is 9.84 Å². The Bertz CT molecular complexity index is 534. The zero-order chi connectivity index (χ0) is 12.5. The van der Waals surface area contributed by atoms with Crippen LogP contribution in [0.4, 0.5) is 4.39 Å². The van der Waals surface area contributed by atoms with E-state index in [1.54, 1.807) is 0 Å². The van der Waals surface area contributed by atoms with Crippen molar-refractivity contribution < 1.29 is 22.7 Å². The zero-order valence-electron chi connectivity index (χ0n) is 8.82. The minimum Gasteiger partial charge on any atom is -0.478 e. The van der Waals surface area contributed by atoms with Crippen molar-refractivity contribution in [3.05, 3.63) is 29.1 Å². The van der Waals surface area contributed by atoms with Crippen LogP contribution in [0.15, 0.2) is 17.0 Å². The first kappa shape index (κ1) is 12.6. The maximum atomic E-state index is 13.3. The summed E-state index contributed by atoms with van der Waals surface area (Å²) in [6, 6.07) is 1.99. The summed E-state index contributed by atoms with van der Waals surface area (Å²) < 4.78 is 36.4. The number of carboxylic acid groups (broad SMARTS) is 1. The van der Waals surface area contributed by atoms with Crippen LogP contribution in [0.3, 0.4) is 0 Å². The van der Waals surface area contributed by atoms with Crippen molar-refractivity contribution >= 4 is 15.8 Å². The first-order valence-corrected chi connectivity index (χ1v) is 6.21. The quantitative estimate of drug-likeness (QED) is 0.823. The molecule has 1 N–H and O–H groups in total. The number of carbonyl (C=O) groups is 1. The van der Waals surface area contributed by atoms with Crippen LogP contribution in [0.5, 0.6) is 0 Å². The van der Waals surface area contributed by atoms with Crippen LogP contribution in [0.1, 0.15) is 22.8 Å². The molecule has 0 unspecified atom stereocenters. The number of hydrogen-bond acceptors (Lipinski definition) is 3. The Hall–Kier alpha value is -1.43. The topological polar surface area (TPSA) is 71.4 Å². The lowest BCUT2D eigenvalue weighted by molar-refractivity contribution is 0.0691. The van der Waals surface area contributed by atoms with E-state index < -0.39 is 27.2 Å². The molecule has 0 radical (unpaired) electrons. The zero-order valence-corrected chi connectivity index (χ0v) is 9.64. The maximum Gasteiger partial charge on any atom is 0.338 e. The minimum absolute atomic E-state index is 0.00641. The monoisotopic (exact) mass is 246 g/mol. The Balaban J connectivity index is 3.53. The molecule has 0 aliphatic rings. The Kier molecular flexibility index (Phi) is 3.32. The van der Waals surface area contributed by atoms with Crippen LogP contribution < -0.4 is 0 Å². The number of benzene rings is 1. The van der Waals surface area contributed by atoms with Gasteiger partial charge in [0.05, 0.1) is 16.2 Å². The van der Waals surface area contributed by atoms with E-state index in [-0.39, 0.29) is 16.2 Å². The predicted octanol–water partition coefficient (Wildman–Crippen LogP) is 1.63. The highest BCUT2D eigenvalue weighted by Crippen LogP contribution is 2.20. The summed E-state index contributed by atoms with van der Waals surface area (Å²) in [5.74, 6) is -2.53. The highest BCUT2D eigenvalue weighted by atomic mass is 32.2. The Morgan fingerprint density at radius 2 is 2.00 bits per heavy atom. The molecule has 0 atom stereocenters. The van der Waals surface area contributed by atoms with Gasteiger partial charge in [-0.25, -0.2) is 17.6 Å². The van der Waals surface area contributed by atoms with Crippen molar-refractivity contribution in [1.82, 2.24) is 0 Å². The fourth-order valence-corrected chi connectivity index (χ4v) is 2.23. The number of hydrogen-bond donors (Lipinski definition) is 1. The van der Waals surface area contributed by atoms with Crippen molar-refractivity contribution in [2.75, 3.05) is 5.75 Å². The standard InChI is InChI=1S/C10H11FO4S/c1-3-16(14,15)7-4-6(2)9(11)8(5-7)10(12)13/h4-5H,3H2,1-2H3,(H,12,13). The molecule has 0 bridgehead atoms. The number of aryl methyl sites for hydroxylation is 1. The fourth-order valence-electron chi connectivity index (χ4n) is 1.24. The lowest BCUT2D eigenvalue weighted by atomic mass is 10.1. The number of aromatic carboxylic acids is 1. The van der Waals surface area contributed by atoms with Crippen molar-refractivity contribution in [2.45, 2.75) is 18.7 Å². The molecule has 0 aromatic heterocycles. The van der Waals surface area contributed by atoms with E-state index in [1.807, 2.05) is 0 Å². The molecule has 1 aromatic rings. The van der Waals surface area contributed by atoms with Gasteiger partial charge < -0.3 is 5.11 Å². The van der Waals surface area contributed by atoms with Crippen LogP contribution in [0, 0.1) is 12.7 Å². The van der Waals surface area contributed by atoms with Gasteiger partial charge in [-0.2, -0.15) is 0 Å². The third kappa shape index (κ3) is 2.21. The SMILES string of the molecule is CCS(=O)(=O)c1cc(C)c(F)c(C(=O)O)c1. The van der Waals surface area contributed by atoms with Crippen molar-refractivity contribution in [3.8, 4) is 0 Å². The second-order valence-corrected chi connectivity index (χ2v) is 5.59. The van der Waals surface area contributed by atoms with E-state index >= 15 is 0 Å². The number of halogens is 1. The lowest BCUT2D eigenvalue weighted by Gasteiger charge is -2.06. The largest absolute Gasteiger partial charge is 0.478 e. The molecule has 0 aliphatic heterocycles. The fraction of sp³-hybridized carbons (Fsp3) is 0.300. The summed E-state index contributed by atoms with van der Waals surface area (Å²) in [5, 5.41) is 8.72. The first-order valence-electron chi connectivity index (χ1n) is 4.55. The third-order valence-electron chi connectivity index (χ3n) is 2.20. The third-order valence-corrected chi connectivity index (χ3v) is 3.91. The van der Waals surface area contributed by atoms with Crippen molar-refractivity contribution in [1.29, 1.82) is 0 Å². The number of rotatable bonds is 3. The highest BCUT2D eigenvalue weighted by molar-refractivity contribution is 7.91. The summed E-state index contributed by atoms with van der Waals surface area (Å²) in [6.07, 6.45) is 0. The van der Waals surface area contributed by atoms with Gasteiger partial charge in [0, 0.05) is 0 Å². The van der Waals surface area contributed by atoms with Gasteiger partial charge in [-0.05, 0) is 24.6 Å².